The van der Waals surface area contributed by atoms with E-state index in [1.807, 2.05) is 6.07 Å². The lowest BCUT2D eigenvalue weighted by atomic mass is 9.62. The molecular formula is C19H25NO3. The van der Waals surface area contributed by atoms with Crippen molar-refractivity contribution in [2.75, 3.05) is 5.32 Å². The fourth-order valence-corrected chi connectivity index (χ4v) is 4.04. The van der Waals surface area contributed by atoms with Crippen molar-refractivity contribution in [1.29, 1.82) is 0 Å². The highest BCUT2D eigenvalue weighted by Crippen LogP contribution is 2.49. The minimum atomic E-state index is -1.73. The minimum Gasteiger partial charge on any atom is -0.375 e. The van der Waals surface area contributed by atoms with Crippen molar-refractivity contribution in [2.45, 2.75) is 52.1 Å². The van der Waals surface area contributed by atoms with Crippen molar-refractivity contribution in [1.82, 2.24) is 0 Å². The standard InChI is InChI=1S/C19H25NO3/c1-4-18(2,3)12-9-10-16(21)14(11-12)19(23)13-7-5-6-8-15(13)20-17(19)22/h5-8,12,14,23H,4,9-11H2,1-3H3,(H,20,22)/t12-,14+,19+/m1/s1. The van der Waals surface area contributed by atoms with Gasteiger partial charge in [0.15, 0.2) is 5.60 Å². The van der Waals surface area contributed by atoms with Crippen molar-refractivity contribution in [2.24, 2.45) is 17.3 Å². The van der Waals surface area contributed by atoms with Gasteiger partial charge in [-0.15, -0.1) is 0 Å². The average molecular weight is 315 g/mol. The third-order valence-corrected chi connectivity index (χ3v) is 6.10. The second-order valence-corrected chi connectivity index (χ2v) is 7.60. The van der Waals surface area contributed by atoms with Gasteiger partial charge in [-0.3, -0.25) is 9.59 Å². The number of para-hydroxylation sites is 1. The first-order chi connectivity index (χ1) is 10.8. The van der Waals surface area contributed by atoms with E-state index in [4.69, 9.17) is 0 Å². The number of Topliss-reactive ketones (excluding diaryl/α,β-unsaturated/α-hetero) is 1. The van der Waals surface area contributed by atoms with E-state index in [-0.39, 0.29) is 11.2 Å². The van der Waals surface area contributed by atoms with Crippen LogP contribution in [0.1, 0.15) is 52.0 Å². The predicted octanol–water partition coefficient (Wildman–Crippen LogP) is 3.25. The normalized spacial score (nSPS) is 31.0. The summed E-state index contributed by atoms with van der Waals surface area (Å²) < 4.78 is 0. The number of amides is 1. The van der Waals surface area contributed by atoms with Crippen molar-refractivity contribution >= 4 is 17.4 Å². The molecule has 4 heteroatoms. The van der Waals surface area contributed by atoms with Crippen LogP contribution in [0.25, 0.3) is 0 Å². The van der Waals surface area contributed by atoms with Gasteiger partial charge < -0.3 is 10.4 Å². The van der Waals surface area contributed by atoms with Gasteiger partial charge in [0.1, 0.15) is 5.78 Å². The summed E-state index contributed by atoms with van der Waals surface area (Å²) >= 11 is 0. The summed E-state index contributed by atoms with van der Waals surface area (Å²) in [6.45, 7) is 6.56. The molecule has 1 aromatic carbocycles. The molecule has 1 saturated carbocycles. The molecule has 1 heterocycles. The van der Waals surface area contributed by atoms with E-state index in [9.17, 15) is 14.7 Å². The van der Waals surface area contributed by atoms with Gasteiger partial charge in [-0.05, 0) is 30.2 Å². The van der Waals surface area contributed by atoms with Crippen LogP contribution in [0.3, 0.4) is 0 Å². The molecule has 0 spiro atoms. The largest absolute Gasteiger partial charge is 0.375 e. The summed E-state index contributed by atoms with van der Waals surface area (Å²) in [6, 6.07) is 7.13. The maximum Gasteiger partial charge on any atom is 0.261 e. The summed E-state index contributed by atoms with van der Waals surface area (Å²) in [5.74, 6) is -0.787. The molecule has 2 aliphatic rings. The number of nitrogens with one attached hydrogen (secondary N) is 1. The molecular weight excluding hydrogens is 290 g/mol. The lowest BCUT2D eigenvalue weighted by molar-refractivity contribution is -0.153. The Morgan fingerprint density at radius 1 is 1.30 bits per heavy atom. The summed E-state index contributed by atoms with van der Waals surface area (Å²) in [7, 11) is 0. The highest BCUT2D eigenvalue weighted by molar-refractivity contribution is 6.08. The molecule has 23 heavy (non-hydrogen) atoms. The monoisotopic (exact) mass is 315 g/mol. The van der Waals surface area contributed by atoms with Crippen LogP contribution in [0.2, 0.25) is 0 Å². The number of anilines is 1. The van der Waals surface area contributed by atoms with Crippen LogP contribution in [-0.4, -0.2) is 16.8 Å². The van der Waals surface area contributed by atoms with Gasteiger partial charge in [0, 0.05) is 17.7 Å². The minimum absolute atomic E-state index is 0.00232. The number of aliphatic hydroxyl groups is 1. The lowest BCUT2D eigenvalue weighted by Gasteiger charge is -2.42. The zero-order valence-corrected chi connectivity index (χ0v) is 14.1. The number of fused-ring (bicyclic) bond motifs is 1. The highest BCUT2D eigenvalue weighted by atomic mass is 16.3. The highest BCUT2D eigenvalue weighted by Gasteiger charge is 2.55. The molecule has 2 N–H and O–H groups in total. The van der Waals surface area contributed by atoms with Crippen LogP contribution in [0.15, 0.2) is 24.3 Å². The van der Waals surface area contributed by atoms with E-state index in [1.165, 1.54) is 0 Å². The number of benzene rings is 1. The van der Waals surface area contributed by atoms with Crippen LogP contribution in [-0.2, 0) is 15.2 Å². The van der Waals surface area contributed by atoms with Gasteiger partial charge in [0.2, 0.25) is 0 Å². The van der Waals surface area contributed by atoms with Gasteiger partial charge in [-0.2, -0.15) is 0 Å². The second kappa shape index (κ2) is 5.45. The number of hydrogen-bond donors (Lipinski definition) is 2. The Morgan fingerprint density at radius 3 is 2.70 bits per heavy atom. The van der Waals surface area contributed by atoms with E-state index in [2.05, 4.69) is 26.1 Å². The van der Waals surface area contributed by atoms with Crippen LogP contribution in [0.5, 0.6) is 0 Å². The summed E-state index contributed by atoms with van der Waals surface area (Å²) in [6.07, 6.45) is 2.86. The van der Waals surface area contributed by atoms with Crippen LogP contribution in [0.4, 0.5) is 5.69 Å². The molecule has 1 fully saturated rings. The van der Waals surface area contributed by atoms with Crippen molar-refractivity contribution in [3.8, 4) is 0 Å². The fourth-order valence-electron chi connectivity index (χ4n) is 4.04. The van der Waals surface area contributed by atoms with Gasteiger partial charge in [-0.25, -0.2) is 0 Å². The van der Waals surface area contributed by atoms with Crippen LogP contribution >= 0.6 is 0 Å². The first-order valence-electron chi connectivity index (χ1n) is 8.46. The molecule has 0 unspecified atom stereocenters. The van der Waals surface area contributed by atoms with Gasteiger partial charge in [0.25, 0.3) is 5.91 Å². The fraction of sp³-hybridized carbons (Fsp3) is 0.579. The van der Waals surface area contributed by atoms with E-state index in [1.54, 1.807) is 18.2 Å². The maximum absolute atomic E-state index is 12.6. The quantitative estimate of drug-likeness (QED) is 0.900. The average Bonchev–Trinajstić information content (AvgIpc) is 2.80. The van der Waals surface area contributed by atoms with Crippen molar-refractivity contribution in [3.63, 3.8) is 0 Å². The summed E-state index contributed by atoms with van der Waals surface area (Å²) in [5.41, 5.74) is -0.469. The number of ketones is 1. The zero-order chi connectivity index (χ0) is 16.8. The smallest absolute Gasteiger partial charge is 0.261 e. The Hall–Kier alpha value is -1.68. The summed E-state index contributed by atoms with van der Waals surface area (Å²) in [5, 5.41) is 14.0. The number of hydrogen-bond acceptors (Lipinski definition) is 3. The third-order valence-electron chi connectivity index (χ3n) is 6.10. The van der Waals surface area contributed by atoms with Gasteiger partial charge >= 0.3 is 0 Å². The Labute approximate surface area is 137 Å². The first kappa shape index (κ1) is 16.2. The Balaban J connectivity index is 1.99. The summed E-state index contributed by atoms with van der Waals surface area (Å²) in [4.78, 5) is 25.1. The first-order valence-corrected chi connectivity index (χ1v) is 8.46. The second-order valence-electron chi connectivity index (χ2n) is 7.60. The van der Waals surface area contributed by atoms with Gasteiger partial charge in [0.05, 0.1) is 5.92 Å². The Morgan fingerprint density at radius 2 is 2.00 bits per heavy atom. The molecule has 4 nitrogen and oxygen atoms in total. The number of carbonyl (C=O) groups is 2. The molecule has 0 aromatic heterocycles. The third kappa shape index (κ3) is 2.40. The van der Waals surface area contributed by atoms with Crippen molar-refractivity contribution < 1.29 is 14.7 Å². The van der Waals surface area contributed by atoms with E-state index >= 15 is 0 Å². The van der Waals surface area contributed by atoms with Crippen molar-refractivity contribution in [3.05, 3.63) is 29.8 Å². The molecule has 0 bridgehead atoms. The maximum atomic E-state index is 12.6. The molecule has 1 aliphatic heterocycles. The molecule has 0 saturated heterocycles. The Kier molecular flexibility index (Phi) is 3.83. The van der Waals surface area contributed by atoms with Crippen LogP contribution < -0.4 is 5.32 Å². The van der Waals surface area contributed by atoms with E-state index in [0.717, 1.165) is 12.8 Å². The van der Waals surface area contributed by atoms with Crippen LogP contribution in [0, 0.1) is 17.3 Å². The number of rotatable bonds is 3. The molecule has 3 rings (SSSR count). The molecule has 1 aromatic rings. The topological polar surface area (TPSA) is 66.4 Å². The predicted molar refractivity (Wildman–Crippen MR) is 88.9 cm³/mol. The molecule has 1 amide bonds. The molecule has 1 aliphatic carbocycles. The SMILES string of the molecule is CCC(C)(C)[C@@H]1CCC(=O)[C@@H]([C@]2(O)C(=O)Nc3ccccc32)C1. The zero-order valence-electron chi connectivity index (χ0n) is 14.1. The van der Waals surface area contributed by atoms with E-state index in [0.29, 0.717) is 30.0 Å². The molecule has 3 atom stereocenters. The van der Waals surface area contributed by atoms with E-state index < -0.39 is 17.4 Å². The molecule has 0 radical (unpaired) electrons. The number of carbonyl (C=O) groups excluding carboxylic acids is 2. The lowest BCUT2D eigenvalue weighted by Crippen LogP contribution is -2.49. The molecule has 124 valence electrons. The Bertz CT molecular complexity index is 652. The van der Waals surface area contributed by atoms with Gasteiger partial charge in [-0.1, -0.05) is 45.4 Å².